The van der Waals surface area contributed by atoms with Crippen LogP contribution < -0.4 is 4.90 Å². The van der Waals surface area contributed by atoms with Crippen LogP contribution >= 0.6 is 0 Å². The molecule has 1 N–H and O–H groups in total. The molecule has 3 rings (SSSR count). The molecule has 0 atom stereocenters. The van der Waals surface area contributed by atoms with Gasteiger partial charge in [-0.2, -0.15) is 0 Å². The standard InChI is InChI=1S/C17H15NO3/c19-15-9-7-14(8-10-15)17(20)21-12-18-11-3-5-13-4-1-2-6-16(13)18/h1-10,19H,11-12H2. The van der Waals surface area contributed by atoms with Gasteiger partial charge in [-0.25, -0.2) is 4.79 Å². The van der Waals surface area contributed by atoms with Gasteiger partial charge in [0.1, 0.15) is 5.75 Å². The van der Waals surface area contributed by atoms with E-state index in [0.717, 1.165) is 11.3 Å². The SMILES string of the molecule is O=C(OCN1CC=Cc2ccccc21)c1ccc(O)cc1. The fraction of sp³-hybridized carbons (Fsp3) is 0.118. The molecule has 1 aliphatic rings. The molecule has 0 spiro atoms. The molecular weight excluding hydrogens is 266 g/mol. The lowest BCUT2D eigenvalue weighted by molar-refractivity contribution is 0.0506. The number of nitrogens with zero attached hydrogens (tertiary/aromatic N) is 1. The Bertz CT molecular complexity index is 677. The van der Waals surface area contributed by atoms with Gasteiger partial charge in [0.25, 0.3) is 0 Å². The molecule has 4 nitrogen and oxygen atoms in total. The molecular formula is C17H15NO3. The molecule has 0 saturated carbocycles. The third kappa shape index (κ3) is 2.89. The zero-order chi connectivity index (χ0) is 14.7. The first-order chi connectivity index (χ1) is 10.2. The number of benzene rings is 2. The summed E-state index contributed by atoms with van der Waals surface area (Å²) < 4.78 is 5.34. The van der Waals surface area contributed by atoms with E-state index in [1.54, 1.807) is 12.1 Å². The highest BCUT2D eigenvalue weighted by molar-refractivity contribution is 5.89. The molecule has 0 aromatic heterocycles. The number of esters is 1. The summed E-state index contributed by atoms with van der Waals surface area (Å²) in [5.41, 5.74) is 2.59. The van der Waals surface area contributed by atoms with Crippen LogP contribution in [-0.4, -0.2) is 24.4 Å². The second-order valence-electron chi connectivity index (χ2n) is 4.79. The number of ether oxygens (including phenoxy) is 1. The van der Waals surface area contributed by atoms with Crippen molar-refractivity contribution in [1.82, 2.24) is 0 Å². The van der Waals surface area contributed by atoms with E-state index in [4.69, 9.17) is 4.74 Å². The number of hydrogen-bond acceptors (Lipinski definition) is 4. The molecule has 2 aromatic carbocycles. The fourth-order valence-corrected chi connectivity index (χ4v) is 2.26. The highest BCUT2D eigenvalue weighted by atomic mass is 16.5. The van der Waals surface area contributed by atoms with Crippen LogP contribution in [0.2, 0.25) is 0 Å². The van der Waals surface area contributed by atoms with Gasteiger partial charge in [-0.3, -0.25) is 0 Å². The largest absolute Gasteiger partial charge is 0.508 e. The third-order valence-corrected chi connectivity index (χ3v) is 3.36. The van der Waals surface area contributed by atoms with Gasteiger partial charge in [-0.15, -0.1) is 0 Å². The monoisotopic (exact) mass is 281 g/mol. The molecule has 0 bridgehead atoms. The van der Waals surface area contributed by atoms with Gasteiger partial charge < -0.3 is 14.7 Å². The Hall–Kier alpha value is -2.75. The number of aromatic hydroxyl groups is 1. The number of anilines is 1. The first-order valence-corrected chi connectivity index (χ1v) is 6.71. The van der Waals surface area contributed by atoms with Gasteiger partial charge in [-0.05, 0) is 35.9 Å². The van der Waals surface area contributed by atoms with E-state index in [1.165, 1.54) is 12.1 Å². The lowest BCUT2D eigenvalue weighted by Crippen LogP contribution is -2.30. The molecule has 4 heteroatoms. The van der Waals surface area contributed by atoms with Gasteiger partial charge in [0, 0.05) is 12.2 Å². The second kappa shape index (κ2) is 5.71. The molecule has 1 heterocycles. The van der Waals surface area contributed by atoms with Crippen molar-refractivity contribution >= 4 is 17.7 Å². The summed E-state index contributed by atoms with van der Waals surface area (Å²) in [6.45, 7) is 0.904. The van der Waals surface area contributed by atoms with Gasteiger partial charge >= 0.3 is 5.97 Å². The van der Waals surface area contributed by atoms with Crippen LogP contribution in [-0.2, 0) is 4.74 Å². The van der Waals surface area contributed by atoms with Crippen molar-refractivity contribution in [2.45, 2.75) is 0 Å². The Labute approximate surface area is 122 Å². The van der Waals surface area contributed by atoms with Crippen LogP contribution in [0.5, 0.6) is 5.75 Å². The highest BCUT2D eigenvalue weighted by Gasteiger charge is 2.14. The number of fused-ring (bicyclic) bond motifs is 1. The van der Waals surface area contributed by atoms with Crippen LogP contribution in [0, 0.1) is 0 Å². The summed E-state index contributed by atoms with van der Waals surface area (Å²) in [6, 6.07) is 14.0. The Morgan fingerprint density at radius 3 is 2.71 bits per heavy atom. The van der Waals surface area contributed by atoms with Crippen LogP contribution in [0.3, 0.4) is 0 Å². The number of para-hydroxylation sites is 1. The topological polar surface area (TPSA) is 49.8 Å². The maximum absolute atomic E-state index is 12.0. The van der Waals surface area contributed by atoms with Crippen molar-refractivity contribution < 1.29 is 14.6 Å². The Kier molecular flexibility index (Phi) is 3.60. The summed E-state index contributed by atoms with van der Waals surface area (Å²) >= 11 is 0. The molecule has 1 aliphatic heterocycles. The molecule has 21 heavy (non-hydrogen) atoms. The van der Waals surface area contributed by atoms with Crippen LogP contribution in [0.1, 0.15) is 15.9 Å². The minimum absolute atomic E-state index is 0.127. The molecule has 0 amide bonds. The summed E-state index contributed by atoms with van der Waals surface area (Å²) in [6.07, 6.45) is 4.10. The zero-order valence-electron chi connectivity index (χ0n) is 11.4. The van der Waals surface area contributed by atoms with Crippen LogP contribution in [0.15, 0.2) is 54.6 Å². The van der Waals surface area contributed by atoms with Crippen molar-refractivity contribution in [2.75, 3.05) is 18.2 Å². The number of rotatable bonds is 3. The van der Waals surface area contributed by atoms with Crippen molar-refractivity contribution in [3.8, 4) is 5.75 Å². The number of phenolic OH excluding ortho intramolecular Hbond substituents is 1. The summed E-state index contributed by atoms with van der Waals surface area (Å²) in [7, 11) is 0. The summed E-state index contributed by atoms with van der Waals surface area (Å²) in [4.78, 5) is 14.0. The Balaban J connectivity index is 1.67. The first-order valence-electron chi connectivity index (χ1n) is 6.71. The van der Waals surface area contributed by atoms with E-state index in [0.29, 0.717) is 12.1 Å². The quantitative estimate of drug-likeness (QED) is 0.879. The lowest BCUT2D eigenvalue weighted by atomic mass is 10.1. The van der Waals surface area contributed by atoms with E-state index < -0.39 is 5.97 Å². The van der Waals surface area contributed by atoms with Gasteiger partial charge in [0.05, 0.1) is 5.56 Å². The van der Waals surface area contributed by atoms with Gasteiger partial charge in [-0.1, -0.05) is 30.4 Å². The lowest BCUT2D eigenvalue weighted by Gasteiger charge is -2.27. The van der Waals surface area contributed by atoms with E-state index >= 15 is 0 Å². The fourth-order valence-electron chi connectivity index (χ4n) is 2.26. The molecule has 2 aromatic rings. The number of phenols is 1. The molecule has 0 aliphatic carbocycles. The maximum Gasteiger partial charge on any atom is 0.339 e. The van der Waals surface area contributed by atoms with Crippen molar-refractivity contribution in [3.05, 3.63) is 65.7 Å². The molecule has 106 valence electrons. The van der Waals surface area contributed by atoms with Gasteiger partial charge in [0.2, 0.25) is 0 Å². The molecule has 0 unspecified atom stereocenters. The predicted octanol–water partition coefficient (Wildman–Crippen LogP) is 3.04. The van der Waals surface area contributed by atoms with E-state index in [-0.39, 0.29) is 12.5 Å². The molecule has 0 radical (unpaired) electrons. The third-order valence-electron chi connectivity index (χ3n) is 3.36. The van der Waals surface area contributed by atoms with E-state index in [2.05, 4.69) is 6.08 Å². The minimum Gasteiger partial charge on any atom is -0.508 e. The normalized spacial score (nSPS) is 12.9. The minimum atomic E-state index is -0.401. The summed E-state index contributed by atoms with van der Waals surface area (Å²) in [5.74, 6) is -0.274. The van der Waals surface area contributed by atoms with E-state index in [1.807, 2.05) is 35.2 Å². The maximum atomic E-state index is 12.0. The summed E-state index contributed by atoms with van der Waals surface area (Å²) in [5, 5.41) is 9.21. The smallest absolute Gasteiger partial charge is 0.339 e. The zero-order valence-corrected chi connectivity index (χ0v) is 11.4. The predicted molar refractivity (Wildman–Crippen MR) is 81.2 cm³/mol. The van der Waals surface area contributed by atoms with Crippen molar-refractivity contribution in [3.63, 3.8) is 0 Å². The van der Waals surface area contributed by atoms with Crippen molar-refractivity contribution in [1.29, 1.82) is 0 Å². The Morgan fingerprint density at radius 2 is 1.90 bits per heavy atom. The number of carbonyl (C=O) groups excluding carboxylic acids is 1. The molecule has 0 saturated heterocycles. The van der Waals surface area contributed by atoms with E-state index in [9.17, 15) is 9.90 Å². The number of carbonyl (C=O) groups is 1. The van der Waals surface area contributed by atoms with Crippen LogP contribution in [0.25, 0.3) is 6.08 Å². The second-order valence-corrected chi connectivity index (χ2v) is 4.79. The highest BCUT2D eigenvalue weighted by Crippen LogP contribution is 2.25. The first kappa shape index (κ1) is 13.2. The van der Waals surface area contributed by atoms with Crippen molar-refractivity contribution in [2.24, 2.45) is 0 Å². The average molecular weight is 281 g/mol. The van der Waals surface area contributed by atoms with Gasteiger partial charge in [0.15, 0.2) is 6.73 Å². The molecule has 0 fully saturated rings. The van der Waals surface area contributed by atoms with Crippen LogP contribution in [0.4, 0.5) is 5.69 Å². The Morgan fingerprint density at radius 1 is 1.14 bits per heavy atom. The average Bonchev–Trinajstić information content (AvgIpc) is 2.53. The number of hydrogen-bond donors (Lipinski definition) is 1.